The first kappa shape index (κ1) is 20.6. The molecule has 0 bridgehead atoms. The molecule has 0 N–H and O–H groups in total. The molecular weight excluding hydrogens is 398 g/mol. The van der Waals surface area contributed by atoms with E-state index in [-0.39, 0.29) is 5.91 Å². The Morgan fingerprint density at radius 1 is 1.07 bits per heavy atom. The number of amides is 1. The van der Waals surface area contributed by atoms with E-state index in [1.807, 2.05) is 17.0 Å². The van der Waals surface area contributed by atoms with E-state index in [1.165, 1.54) is 22.9 Å². The molecule has 7 nitrogen and oxygen atoms in total. The Bertz CT molecular complexity index is 978. The minimum Gasteiger partial charge on any atom is -0.411 e. The maximum atomic E-state index is 12.7. The highest BCUT2D eigenvalue weighted by Crippen LogP contribution is 2.23. The van der Waals surface area contributed by atoms with Crippen LogP contribution in [0, 0.1) is 6.92 Å². The normalized spacial score (nSPS) is 15.2. The Hall–Kier alpha value is -2.71. The van der Waals surface area contributed by atoms with Gasteiger partial charge in [0.25, 0.3) is 5.22 Å². The number of carbonyl (C=O) groups is 1. The Kier molecular flexibility index (Phi) is 6.76. The van der Waals surface area contributed by atoms with Crippen molar-refractivity contribution < 1.29 is 9.21 Å². The quantitative estimate of drug-likeness (QED) is 0.563. The van der Waals surface area contributed by atoms with Crippen LogP contribution in [0.3, 0.4) is 0 Å². The van der Waals surface area contributed by atoms with E-state index >= 15 is 0 Å². The van der Waals surface area contributed by atoms with Gasteiger partial charge in [-0.05, 0) is 36.6 Å². The summed E-state index contributed by atoms with van der Waals surface area (Å²) in [5, 5.41) is 8.50. The Labute approximate surface area is 180 Å². The summed E-state index contributed by atoms with van der Waals surface area (Å²) in [7, 11) is 0. The van der Waals surface area contributed by atoms with E-state index < -0.39 is 0 Å². The summed E-state index contributed by atoms with van der Waals surface area (Å²) < 4.78 is 5.66. The summed E-state index contributed by atoms with van der Waals surface area (Å²) in [6, 6.07) is 12.1. The summed E-state index contributed by atoms with van der Waals surface area (Å²) in [6.45, 7) is 6.51. The maximum absolute atomic E-state index is 12.7. The lowest BCUT2D eigenvalue weighted by atomic mass is 10.1. The molecule has 3 aromatic rings. The molecule has 1 aliphatic rings. The third kappa shape index (κ3) is 5.25. The Balaban J connectivity index is 1.27. The van der Waals surface area contributed by atoms with E-state index in [9.17, 15) is 4.79 Å². The number of thioether (sulfide) groups is 1. The predicted octanol–water partition coefficient (Wildman–Crippen LogP) is 3.27. The first-order valence-corrected chi connectivity index (χ1v) is 11.1. The summed E-state index contributed by atoms with van der Waals surface area (Å²) in [4.78, 5) is 21.1. The standard InChI is InChI=1S/C22H25N5O2S/c1-17-5-2-3-6-19(17)15-26-11-4-12-27(14-13-26)20(28)16-30-22-25-24-21(29-22)18-7-9-23-10-8-18/h2-3,5-10H,4,11-16H2,1H3. The molecule has 4 rings (SSSR count). The number of carbonyl (C=O) groups excluding carboxylic acids is 1. The lowest BCUT2D eigenvalue weighted by Gasteiger charge is -2.22. The number of aryl methyl sites for hydroxylation is 1. The van der Waals surface area contributed by atoms with Crippen LogP contribution in [0.4, 0.5) is 0 Å². The number of aromatic nitrogens is 3. The molecule has 1 aromatic carbocycles. The summed E-state index contributed by atoms with van der Waals surface area (Å²) in [5.74, 6) is 0.853. The molecule has 3 heterocycles. The third-order valence-corrected chi connectivity index (χ3v) is 6.05. The van der Waals surface area contributed by atoms with Gasteiger partial charge in [0.15, 0.2) is 0 Å². The number of benzene rings is 1. The SMILES string of the molecule is Cc1ccccc1CN1CCCN(C(=O)CSc2nnc(-c3ccncc3)o2)CC1. The van der Waals surface area contributed by atoms with Crippen molar-refractivity contribution in [2.75, 3.05) is 31.9 Å². The van der Waals surface area contributed by atoms with Gasteiger partial charge in [0.1, 0.15) is 0 Å². The average molecular weight is 424 g/mol. The molecule has 1 saturated heterocycles. The van der Waals surface area contributed by atoms with Gasteiger partial charge < -0.3 is 9.32 Å². The molecule has 2 aromatic heterocycles. The first-order valence-electron chi connectivity index (χ1n) is 10.1. The van der Waals surface area contributed by atoms with Gasteiger partial charge in [-0.1, -0.05) is 36.0 Å². The lowest BCUT2D eigenvalue weighted by molar-refractivity contribution is -0.128. The number of nitrogens with zero attached hydrogens (tertiary/aromatic N) is 5. The van der Waals surface area contributed by atoms with Gasteiger partial charge in [0.05, 0.1) is 5.75 Å². The fourth-order valence-corrected chi connectivity index (χ4v) is 4.17. The number of pyridine rings is 1. The van der Waals surface area contributed by atoms with Crippen LogP contribution in [0.25, 0.3) is 11.5 Å². The first-order chi connectivity index (χ1) is 14.7. The van der Waals surface area contributed by atoms with Crippen LogP contribution in [0.5, 0.6) is 0 Å². The molecule has 0 unspecified atom stereocenters. The minimum atomic E-state index is 0.112. The van der Waals surface area contributed by atoms with Gasteiger partial charge in [-0.15, -0.1) is 10.2 Å². The third-order valence-electron chi connectivity index (χ3n) is 5.25. The summed E-state index contributed by atoms with van der Waals surface area (Å²) in [6.07, 6.45) is 4.34. The molecule has 30 heavy (non-hydrogen) atoms. The average Bonchev–Trinajstić information content (AvgIpc) is 3.13. The van der Waals surface area contributed by atoms with Gasteiger partial charge in [0.2, 0.25) is 11.8 Å². The van der Waals surface area contributed by atoms with E-state index in [1.54, 1.807) is 12.4 Å². The van der Waals surface area contributed by atoms with Crippen molar-refractivity contribution in [3.05, 3.63) is 59.9 Å². The second-order valence-electron chi connectivity index (χ2n) is 7.33. The topological polar surface area (TPSA) is 75.4 Å². The maximum Gasteiger partial charge on any atom is 0.277 e. The predicted molar refractivity (Wildman–Crippen MR) is 116 cm³/mol. The Morgan fingerprint density at radius 2 is 1.90 bits per heavy atom. The van der Waals surface area contributed by atoms with Gasteiger partial charge in [-0.3, -0.25) is 14.7 Å². The van der Waals surface area contributed by atoms with Crippen LogP contribution >= 0.6 is 11.8 Å². The second kappa shape index (κ2) is 9.86. The van der Waals surface area contributed by atoms with Gasteiger partial charge in [0, 0.05) is 50.7 Å². The number of hydrogen-bond donors (Lipinski definition) is 0. The van der Waals surface area contributed by atoms with Gasteiger partial charge in [-0.25, -0.2) is 0 Å². The summed E-state index contributed by atoms with van der Waals surface area (Å²) >= 11 is 1.29. The molecule has 0 spiro atoms. The van der Waals surface area contributed by atoms with Crippen molar-refractivity contribution in [1.29, 1.82) is 0 Å². The highest BCUT2D eigenvalue weighted by molar-refractivity contribution is 7.99. The molecule has 0 atom stereocenters. The van der Waals surface area contributed by atoms with E-state index in [4.69, 9.17) is 4.42 Å². The van der Waals surface area contributed by atoms with Crippen molar-refractivity contribution in [2.45, 2.75) is 25.1 Å². The largest absolute Gasteiger partial charge is 0.411 e. The van der Waals surface area contributed by atoms with Crippen molar-refractivity contribution >= 4 is 17.7 Å². The van der Waals surface area contributed by atoms with Gasteiger partial charge in [-0.2, -0.15) is 0 Å². The zero-order chi connectivity index (χ0) is 20.8. The van der Waals surface area contributed by atoms with Crippen molar-refractivity contribution in [1.82, 2.24) is 25.0 Å². The molecule has 0 radical (unpaired) electrons. The van der Waals surface area contributed by atoms with Crippen molar-refractivity contribution in [3.8, 4) is 11.5 Å². The smallest absolute Gasteiger partial charge is 0.277 e. The highest BCUT2D eigenvalue weighted by Gasteiger charge is 2.20. The van der Waals surface area contributed by atoms with Crippen LogP contribution in [-0.2, 0) is 11.3 Å². The van der Waals surface area contributed by atoms with Crippen LogP contribution < -0.4 is 0 Å². The van der Waals surface area contributed by atoms with E-state index in [0.29, 0.717) is 16.9 Å². The molecule has 1 fully saturated rings. The zero-order valence-corrected chi connectivity index (χ0v) is 17.8. The van der Waals surface area contributed by atoms with Gasteiger partial charge >= 0.3 is 0 Å². The van der Waals surface area contributed by atoms with Crippen molar-refractivity contribution in [3.63, 3.8) is 0 Å². The number of rotatable bonds is 6. The fraction of sp³-hybridized carbons (Fsp3) is 0.364. The fourth-order valence-electron chi connectivity index (χ4n) is 3.50. The minimum absolute atomic E-state index is 0.112. The Morgan fingerprint density at radius 3 is 2.73 bits per heavy atom. The van der Waals surface area contributed by atoms with Crippen LogP contribution in [0.1, 0.15) is 17.5 Å². The molecule has 8 heteroatoms. The zero-order valence-electron chi connectivity index (χ0n) is 17.0. The molecule has 156 valence electrons. The molecule has 0 aliphatic carbocycles. The number of hydrogen-bond acceptors (Lipinski definition) is 7. The molecule has 0 saturated carbocycles. The van der Waals surface area contributed by atoms with Crippen LogP contribution in [0.15, 0.2) is 58.4 Å². The lowest BCUT2D eigenvalue weighted by Crippen LogP contribution is -2.36. The van der Waals surface area contributed by atoms with E-state index in [2.05, 4.69) is 51.3 Å². The molecule has 1 amide bonds. The molecule has 1 aliphatic heterocycles. The molecular formula is C22H25N5O2S. The second-order valence-corrected chi connectivity index (χ2v) is 8.26. The van der Waals surface area contributed by atoms with Crippen molar-refractivity contribution in [2.24, 2.45) is 0 Å². The summed E-state index contributed by atoms with van der Waals surface area (Å²) in [5.41, 5.74) is 3.49. The monoisotopic (exact) mass is 423 g/mol. The highest BCUT2D eigenvalue weighted by atomic mass is 32.2. The van der Waals surface area contributed by atoms with Crippen LogP contribution in [-0.4, -0.2) is 62.8 Å². The van der Waals surface area contributed by atoms with Crippen LogP contribution in [0.2, 0.25) is 0 Å². The van der Waals surface area contributed by atoms with E-state index in [0.717, 1.165) is 44.7 Å².